The van der Waals surface area contributed by atoms with E-state index in [-0.39, 0.29) is 16.4 Å². The van der Waals surface area contributed by atoms with Crippen LogP contribution in [0.2, 0.25) is 0 Å². The Kier molecular flexibility index (Phi) is 4.71. The summed E-state index contributed by atoms with van der Waals surface area (Å²) < 4.78 is 36.2. The number of rotatable bonds is 4. The zero-order valence-corrected chi connectivity index (χ0v) is 12.5. The highest BCUT2D eigenvalue weighted by atomic mass is 32.2. The molecule has 3 N–H and O–H groups in total. The molecule has 0 fully saturated rings. The van der Waals surface area contributed by atoms with E-state index in [2.05, 4.69) is 26.1 Å². The van der Waals surface area contributed by atoms with E-state index >= 15 is 0 Å². The average Bonchev–Trinajstić information content (AvgIpc) is 2.24. The predicted molar refractivity (Wildman–Crippen MR) is 73.8 cm³/mol. The number of nitrogens with one attached hydrogen (secondary N) is 1. The first-order valence-electron chi connectivity index (χ1n) is 6.04. The molecule has 0 spiro atoms. The fraction of sp³-hybridized carbons (Fsp3) is 0.538. The van der Waals surface area contributed by atoms with E-state index in [1.807, 2.05) is 7.05 Å². The Balaban J connectivity index is 3.04. The van der Waals surface area contributed by atoms with Crippen LogP contribution in [0.3, 0.4) is 0 Å². The highest BCUT2D eigenvalue weighted by molar-refractivity contribution is 7.89. The Morgan fingerprint density at radius 2 is 1.95 bits per heavy atom. The summed E-state index contributed by atoms with van der Waals surface area (Å²) in [6, 6.07) is 3.87. The minimum atomic E-state index is -3.86. The fourth-order valence-corrected chi connectivity index (χ4v) is 2.46. The molecule has 108 valence electrons. The molecule has 4 nitrogen and oxygen atoms in total. The van der Waals surface area contributed by atoms with Gasteiger partial charge in [-0.15, -0.1) is 0 Å². The number of nitrogens with two attached hydrogens (primary N) is 1. The summed E-state index contributed by atoms with van der Waals surface area (Å²) in [5.74, 6) is -0.545. The van der Waals surface area contributed by atoms with Gasteiger partial charge in [-0.1, -0.05) is 26.8 Å². The standard InChI is InChI=1S/C13H21FN2O2S/c1-13(2,3)12(16-4)7-9-5-6-10(8-11(9)14)19(15,17)18/h5-6,8,12,16H,7H2,1-4H3,(H2,15,17,18). The van der Waals surface area contributed by atoms with Crippen molar-refractivity contribution in [3.8, 4) is 0 Å². The molecule has 1 rings (SSSR count). The third kappa shape index (κ3) is 4.26. The van der Waals surface area contributed by atoms with Gasteiger partial charge in [-0.05, 0) is 36.6 Å². The Labute approximate surface area is 114 Å². The van der Waals surface area contributed by atoms with Crippen molar-refractivity contribution in [3.63, 3.8) is 0 Å². The van der Waals surface area contributed by atoms with Crippen molar-refractivity contribution in [2.45, 2.75) is 38.1 Å². The molecule has 0 radical (unpaired) electrons. The van der Waals surface area contributed by atoms with Crippen LogP contribution >= 0.6 is 0 Å². The smallest absolute Gasteiger partial charge is 0.238 e. The third-order valence-electron chi connectivity index (χ3n) is 3.17. The summed E-state index contributed by atoms with van der Waals surface area (Å²) in [5.41, 5.74) is 0.446. The molecule has 0 aromatic heterocycles. The molecule has 0 bridgehead atoms. The van der Waals surface area contributed by atoms with E-state index in [0.29, 0.717) is 12.0 Å². The van der Waals surface area contributed by atoms with Gasteiger partial charge in [0.05, 0.1) is 4.90 Å². The molecule has 0 saturated carbocycles. The van der Waals surface area contributed by atoms with Crippen molar-refractivity contribution in [2.24, 2.45) is 10.6 Å². The van der Waals surface area contributed by atoms with Gasteiger partial charge in [0.15, 0.2) is 0 Å². The number of likely N-dealkylation sites (N-methyl/N-ethyl adjacent to an activating group) is 1. The van der Waals surface area contributed by atoms with E-state index < -0.39 is 15.8 Å². The Morgan fingerprint density at radius 1 is 1.37 bits per heavy atom. The Hall–Kier alpha value is -0.980. The van der Waals surface area contributed by atoms with E-state index in [4.69, 9.17) is 5.14 Å². The lowest BCUT2D eigenvalue weighted by atomic mass is 9.83. The van der Waals surface area contributed by atoms with Crippen LogP contribution in [0.4, 0.5) is 4.39 Å². The molecule has 1 unspecified atom stereocenters. The van der Waals surface area contributed by atoms with Crippen LogP contribution in [0.15, 0.2) is 23.1 Å². The molecule has 0 aliphatic carbocycles. The SMILES string of the molecule is CNC(Cc1ccc(S(N)(=O)=O)cc1F)C(C)(C)C. The van der Waals surface area contributed by atoms with Gasteiger partial charge in [0.1, 0.15) is 5.82 Å². The van der Waals surface area contributed by atoms with Crippen LogP contribution in [0, 0.1) is 11.2 Å². The van der Waals surface area contributed by atoms with Crippen LogP contribution in [0.1, 0.15) is 26.3 Å². The lowest BCUT2D eigenvalue weighted by Crippen LogP contribution is -2.40. The molecule has 0 saturated heterocycles. The summed E-state index contributed by atoms with van der Waals surface area (Å²) in [6.45, 7) is 6.18. The summed E-state index contributed by atoms with van der Waals surface area (Å²) in [5, 5.41) is 8.12. The van der Waals surface area contributed by atoms with Gasteiger partial charge in [0.2, 0.25) is 10.0 Å². The van der Waals surface area contributed by atoms with Gasteiger partial charge < -0.3 is 5.32 Å². The summed E-state index contributed by atoms with van der Waals surface area (Å²) in [7, 11) is -2.03. The van der Waals surface area contributed by atoms with Gasteiger partial charge in [-0.2, -0.15) is 0 Å². The molecule has 0 aliphatic heterocycles. The van der Waals surface area contributed by atoms with Crippen LogP contribution in [-0.4, -0.2) is 21.5 Å². The maximum Gasteiger partial charge on any atom is 0.238 e. The molecular weight excluding hydrogens is 267 g/mol. The number of halogens is 1. The molecular formula is C13H21FN2O2S. The zero-order chi connectivity index (χ0) is 14.8. The number of hydrogen-bond donors (Lipinski definition) is 2. The van der Waals surface area contributed by atoms with E-state index in [0.717, 1.165) is 6.07 Å². The molecule has 1 aromatic rings. The Morgan fingerprint density at radius 3 is 2.32 bits per heavy atom. The molecule has 19 heavy (non-hydrogen) atoms. The molecule has 0 amide bonds. The molecule has 1 aromatic carbocycles. The van der Waals surface area contributed by atoms with Crippen LogP contribution < -0.4 is 10.5 Å². The third-order valence-corrected chi connectivity index (χ3v) is 4.08. The van der Waals surface area contributed by atoms with Crippen LogP contribution in [0.25, 0.3) is 0 Å². The van der Waals surface area contributed by atoms with Crippen molar-refractivity contribution < 1.29 is 12.8 Å². The van der Waals surface area contributed by atoms with Crippen molar-refractivity contribution in [1.29, 1.82) is 0 Å². The first-order valence-corrected chi connectivity index (χ1v) is 7.59. The summed E-state index contributed by atoms with van der Waals surface area (Å²) >= 11 is 0. The zero-order valence-electron chi connectivity index (χ0n) is 11.7. The van der Waals surface area contributed by atoms with Crippen molar-refractivity contribution >= 4 is 10.0 Å². The van der Waals surface area contributed by atoms with E-state index in [1.54, 1.807) is 0 Å². The average molecular weight is 288 g/mol. The van der Waals surface area contributed by atoms with Gasteiger partial charge in [0, 0.05) is 6.04 Å². The summed E-state index contributed by atoms with van der Waals surface area (Å²) in [6.07, 6.45) is 0.483. The maximum absolute atomic E-state index is 13.9. The van der Waals surface area contributed by atoms with Crippen LogP contribution in [-0.2, 0) is 16.4 Å². The minimum absolute atomic E-state index is 0.0280. The number of sulfonamides is 1. The van der Waals surface area contributed by atoms with E-state index in [1.165, 1.54) is 12.1 Å². The normalized spacial score (nSPS) is 14.4. The van der Waals surface area contributed by atoms with Crippen molar-refractivity contribution in [1.82, 2.24) is 5.32 Å². The van der Waals surface area contributed by atoms with E-state index in [9.17, 15) is 12.8 Å². The highest BCUT2D eigenvalue weighted by Crippen LogP contribution is 2.24. The first kappa shape index (κ1) is 16.1. The largest absolute Gasteiger partial charge is 0.316 e. The topological polar surface area (TPSA) is 72.2 Å². The van der Waals surface area contributed by atoms with Crippen LogP contribution in [0.5, 0.6) is 0 Å². The second-order valence-electron chi connectivity index (χ2n) is 5.71. The van der Waals surface area contributed by atoms with Gasteiger partial charge in [0.25, 0.3) is 0 Å². The molecule has 0 heterocycles. The monoisotopic (exact) mass is 288 g/mol. The second-order valence-corrected chi connectivity index (χ2v) is 7.27. The predicted octanol–water partition coefficient (Wildman–Crippen LogP) is 1.65. The summed E-state index contributed by atoms with van der Waals surface area (Å²) in [4.78, 5) is -0.203. The Bertz CT molecular complexity index is 550. The minimum Gasteiger partial charge on any atom is -0.316 e. The van der Waals surface area contributed by atoms with Gasteiger partial charge >= 0.3 is 0 Å². The van der Waals surface area contributed by atoms with Gasteiger partial charge in [-0.3, -0.25) is 0 Å². The quantitative estimate of drug-likeness (QED) is 0.885. The number of benzene rings is 1. The maximum atomic E-state index is 13.9. The number of hydrogen-bond acceptors (Lipinski definition) is 3. The fourth-order valence-electron chi connectivity index (χ4n) is 1.93. The highest BCUT2D eigenvalue weighted by Gasteiger charge is 2.24. The first-order chi connectivity index (χ1) is 8.55. The number of primary sulfonamides is 1. The van der Waals surface area contributed by atoms with Crippen molar-refractivity contribution in [2.75, 3.05) is 7.05 Å². The lowest BCUT2D eigenvalue weighted by molar-refractivity contribution is 0.278. The van der Waals surface area contributed by atoms with Crippen molar-refractivity contribution in [3.05, 3.63) is 29.6 Å². The molecule has 0 aliphatic rings. The molecule has 1 atom stereocenters. The second kappa shape index (κ2) is 5.56. The van der Waals surface area contributed by atoms with Gasteiger partial charge in [-0.25, -0.2) is 17.9 Å². The molecule has 6 heteroatoms. The lowest BCUT2D eigenvalue weighted by Gasteiger charge is -2.30.